The molecule has 0 spiro atoms. The van der Waals surface area contributed by atoms with Crippen LogP contribution in [0.5, 0.6) is 0 Å². The molecule has 0 aromatic heterocycles. The number of rotatable bonds is 10. The molecule has 1 unspecified atom stereocenters. The maximum absolute atomic E-state index is 13.2. The Morgan fingerprint density at radius 3 is 2.41 bits per heavy atom. The molecule has 162 valence electrons. The first-order valence-electron chi connectivity index (χ1n) is 10.0. The van der Waals surface area contributed by atoms with Crippen LogP contribution in [0.25, 0.3) is 0 Å². The number of halogens is 1. The van der Waals surface area contributed by atoms with Crippen molar-refractivity contribution < 1.29 is 19.1 Å². The lowest BCUT2D eigenvalue weighted by Crippen LogP contribution is -2.46. The lowest BCUT2D eigenvalue weighted by molar-refractivity contribution is -0.142. The predicted molar refractivity (Wildman–Crippen MR) is 123 cm³/mol. The molecule has 0 saturated carbocycles. The molecule has 29 heavy (non-hydrogen) atoms. The maximum Gasteiger partial charge on any atom is 0.328 e. The van der Waals surface area contributed by atoms with Crippen LogP contribution >= 0.6 is 27.7 Å². The molecule has 0 fully saturated rings. The molecule has 2 atom stereocenters. The molecular formula is C22H32BrNO4S. The van der Waals surface area contributed by atoms with E-state index in [1.165, 1.54) is 12.0 Å². The molecule has 0 aliphatic heterocycles. The van der Waals surface area contributed by atoms with Crippen molar-refractivity contribution in [3.8, 4) is 0 Å². The number of esters is 1. The van der Waals surface area contributed by atoms with Crippen LogP contribution in [0, 0.1) is 19.8 Å². The molecule has 1 aromatic carbocycles. The monoisotopic (exact) mass is 485 g/mol. The number of amides is 1. The molecule has 0 aliphatic carbocycles. The number of nitrogens with zero attached hydrogens (tertiary/aromatic N) is 1. The van der Waals surface area contributed by atoms with E-state index >= 15 is 0 Å². The van der Waals surface area contributed by atoms with E-state index in [9.17, 15) is 14.4 Å². The Labute approximate surface area is 187 Å². The minimum Gasteiger partial charge on any atom is -0.467 e. The van der Waals surface area contributed by atoms with Crippen LogP contribution in [0.15, 0.2) is 16.6 Å². The van der Waals surface area contributed by atoms with Crippen LogP contribution in [0.2, 0.25) is 0 Å². The van der Waals surface area contributed by atoms with Gasteiger partial charge in [0.25, 0.3) is 0 Å². The molecule has 1 aromatic rings. The smallest absolute Gasteiger partial charge is 0.328 e. The average Bonchev–Trinajstić information content (AvgIpc) is 2.71. The molecule has 7 heteroatoms. The first-order chi connectivity index (χ1) is 13.7. The Hall–Kier alpha value is -1.34. The predicted octanol–water partition coefficient (Wildman–Crippen LogP) is 5.44. The fraction of sp³-hybridized carbons (Fsp3) is 0.591. The van der Waals surface area contributed by atoms with Crippen molar-refractivity contribution in [2.75, 3.05) is 17.8 Å². The number of carbonyl (C=O) groups excluding carboxylic acids is 3. The van der Waals surface area contributed by atoms with Crippen molar-refractivity contribution in [2.24, 2.45) is 5.92 Å². The first-order valence-corrected chi connectivity index (χ1v) is 11.8. The van der Waals surface area contributed by atoms with E-state index in [1.54, 1.807) is 6.92 Å². The minimum atomic E-state index is -0.794. The minimum absolute atomic E-state index is 0.00577. The van der Waals surface area contributed by atoms with Gasteiger partial charge in [0.2, 0.25) is 5.91 Å². The Bertz CT molecular complexity index is 738. The van der Waals surface area contributed by atoms with Crippen molar-refractivity contribution in [2.45, 2.75) is 66.3 Å². The largest absolute Gasteiger partial charge is 0.467 e. The number of carbonyl (C=O) groups is 3. The molecule has 5 nitrogen and oxygen atoms in total. The number of hydrogen-bond acceptors (Lipinski definition) is 5. The summed E-state index contributed by atoms with van der Waals surface area (Å²) in [6, 6.07) is 3.02. The van der Waals surface area contributed by atoms with Crippen LogP contribution < -0.4 is 4.90 Å². The topological polar surface area (TPSA) is 63.7 Å². The van der Waals surface area contributed by atoms with Crippen LogP contribution in [0.4, 0.5) is 5.69 Å². The van der Waals surface area contributed by atoms with E-state index in [0.717, 1.165) is 53.0 Å². The zero-order chi connectivity index (χ0) is 22.1. The lowest BCUT2D eigenvalue weighted by atomic mass is 10.0. The van der Waals surface area contributed by atoms with Crippen molar-refractivity contribution in [3.63, 3.8) is 0 Å². The third-order valence-corrected chi connectivity index (χ3v) is 6.94. The molecule has 1 amide bonds. The zero-order valence-corrected chi connectivity index (χ0v) is 20.6. The molecule has 1 rings (SSSR count). The Kier molecular flexibility index (Phi) is 11.0. The zero-order valence-electron chi connectivity index (χ0n) is 18.2. The Balaban J connectivity index is 3.12. The van der Waals surface area contributed by atoms with Crippen LogP contribution in [0.1, 0.15) is 57.6 Å². The van der Waals surface area contributed by atoms with Gasteiger partial charge in [-0.1, -0.05) is 60.4 Å². The number of methoxy groups -OCH3 is 1. The molecule has 0 heterocycles. The second kappa shape index (κ2) is 12.4. The van der Waals surface area contributed by atoms with Crippen LogP contribution in [-0.2, 0) is 19.1 Å². The highest BCUT2D eigenvalue weighted by molar-refractivity contribution is 9.10. The first kappa shape index (κ1) is 25.7. The summed E-state index contributed by atoms with van der Waals surface area (Å²) in [4.78, 5) is 39.5. The van der Waals surface area contributed by atoms with E-state index < -0.39 is 12.0 Å². The Morgan fingerprint density at radius 1 is 1.21 bits per heavy atom. The standard InChI is InChI=1S/C22H32BrNO4S/c1-7-9-10-17(8-2)22(27)29-13-19(25)24(16(5)21(26)28-6)20-14(3)11-12-18(23)15(20)4/h11-12,16-17H,7-10,13H2,1-6H3/t16-,17?/m0/s1. The van der Waals surface area contributed by atoms with Crippen molar-refractivity contribution >= 4 is 50.4 Å². The molecule has 0 radical (unpaired) electrons. The van der Waals surface area contributed by atoms with Crippen LogP contribution in [-0.4, -0.2) is 35.9 Å². The van der Waals surface area contributed by atoms with E-state index in [0.29, 0.717) is 5.69 Å². The van der Waals surface area contributed by atoms with Gasteiger partial charge in [-0.15, -0.1) is 0 Å². The van der Waals surface area contributed by atoms with Crippen molar-refractivity contribution in [3.05, 3.63) is 27.7 Å². The summed E-state index contributed by atoms with van der Waals surface area (Å²) in [6.07, 6.45) is 3.66. The van der Waals surface area contributed by atoms with Gasteiger partial charge in [0.15, 0.2) is 5.12 Å². The number of thioether (sulfide) groups is 1. The molecule has 0 aliphatic rings. The van der Waals surface area contributed by atoms with Gasteiger partial charge in [-0.25, -0.2) is 4.79 Å². The van der Waals surface area contributed by atoms with Gasteiger partial charge in [0, 0.05) is 10.4 Å². The second-order valence-electron chi connectivity index (χ2n) is 7.16. The van der Waals surface area contributed by atoms with Gasteiger partial charge in [-0.2, -0.15) is 0 Å². The number of unbranched alkanes of at least 4 members (excludes halogenated alkanes) is 1. The fourth-order valence-electron chi connectivity index (χ4n) is 3.25. The molecule has 0 N–H and O–H groups in total. The van der Waals surface area contributed by atoms with Crippen molar-refractivity contribution in [1.82, 2.24) is 0 Å². The summed E-state index contributed by atoms with van der Waals surface area (Å²) in [6.45, 7) is 9.54. The fourth-order valence-corrected chi connectivity index (χ4v) is 4.50. The highest BCUT2D eigenvalue weighted by Gasteiger charge is 2.31. The quantitative estimate of drug-likeness (QED) is 0.413. The second-order valence-corrected chi connectivity index (χ2v) is 8.99. The van der Waals surface area contributed by atoms with Gasteiger partial charge < -0.3 is 4.74 Å². The highest BCUT2D eigenvalue weighted by Crippen LogP contribution is 2.33. The van der Waals surface area contributed by atoms with E-state index in [1.807, 2.05) is 32.9 Å². The number of aryl methyl sites for hydroxylation is 1. The summed E-state index contributed by atoms with van der Waals surface area (Å²) in [5, 5.41) is 0.0441. The van der Waals surface area contributed by atoms with E-state index in [4.69, 9.17) is 4.74 Å². The van der Waals surface area contributed by atoms with Gasteiger partial charge in [0.05, 0.1) is 18.6 Å². The summed E-state index contributed by atoms with van der Waals surface area (Å²) >= 11 is 4.55. The number of benzene rings is 1. The van der Waals surface area contributed by atoms with E-state index in [-0.39, 0.29) is 22.7 Å². The summed E-state index contributed by atoms with van der Waals surface area (Å²) in [7, 11) is 1.31. The third-order valence-electron chi connectivity index (χ3n) is 5.08. The van der Waals surface area contributed by atoms with Gasteiger partial charge in [-0.05, 0) is 50.8 Å². The summed E-state index contributed by atoms with van der Waals surface area (Å²) in [5.74, 6) is -0.818. The maximum atomic E-state index is 13.2. The highest BCUT2D eigenvalue weighted by atomic mass is 79.9. The van der Waals surface area contributed by atoms with Crippen LogP contribution in [0.3, 0.4) is 0 Å². The van der Waals surface area contributed by atoms with Gasteiger partial charge >= 0.3 is 5.97 Å². The van der Waals surface area contributed by atoms with E-state index in [2.05, 4.69) is 22.9 Å². The average molecular weight is 486 g/mol. The summed E-state index contributed by atoms with van der Waals surface area (Å²) < 4.78 is 5.73. The van der Waals surface area contributed by atoms with Crippen molar-refractivity contribution in [1.29, 1.82) is 0 Å². The molecule has 0 bridgehead atoms. The lowest BCUT2D eigenvalue weighted by Gasteiger charge is -2.30. The molecular weight excluding hydrogens is 454 g/mol. The Morgan fingerprint density at radius 2 is 1.86 bits per heavy atom. The third kappa shape index (κ3) is 6.85. The SMILES string of the molecule is CCCCC(CC)C(=O)SCC(=O)N(c1c(C)ccc(Br)c1C)[C@@H](C)C(=O)OC. The number of anilines is 1. The molecule has 0 saturated heterocycles. The van der Waals surface area contributed by atoms with Gasteiger partial charge in [-0.3, -0.25) is 14.5 Å². The number of hydrogen-bond donors (Lipinski definition) is 0. The van der Waals surface area contributed by atoms with Gasteiger partial charge in [0.1, 0.15) is 6.04 Å². The normalized spacial score (nSPS) is 12.9. The summed E-state index contributed by atoms with van der Waals surface area (Å²) in [5.41, 5.74) is 2.41. The number of ether oxygens (including phenoxy) is 1.